The number of aryl methyl sites for hydroxylation is 1. The lowest BCUT2D eigenvalue weighted by molar-refractivity contribution is 0.491. The Morgan fingerprint density at radius 1 is 0.947 bits per heavy atom. The van der Waals surface area contributed by atoms with Gasteiger partial charge in [0.1, 0.15) is 0 Å². The number of hydrogen-bond acceptors (Lipinski definition) is 1. The van der Waals surface area contributed by atoms with Crippen molar-refractivity contribution in [3.63, 3.8) is 0 Å². The van der Waals surface area contributed by atoms with Gasteiger partial charge in [-0.25, -0.2) is 0 Å². The van der Waals surface area contributed by atoms with E-state index in [2.05, 4.69) is 85.0 Å². The van der Waals surface area contributed by atoms with E-state index in [1.807, 2.05) is 0 Å². The molecule has 0 amide bonds. The zero-order valence-corrected chi connectivity index (χ0v) is 13.6. The van der Waals surface area contributed by atoms with Gasteiger partial charge in [-0.3, -0.25) is 0 Å². The van der Waals surface area contributed by atoms with Crippen LogP contribution in [0.25, 0.3) is 0 Å². The highest BCUT2D eigenvalue weighted by Gasteiger charge is 2.21. The zero-order chi connectivity index (χ0) is 13.9. The van der Waals surface area contributed by atoms with Crippen molar-refractivity contribution < 1.29 is 0 Å². The zero-order valence-electron chi connectivity index (χ0n) is 11.5. The fraction of sp³-hybridized carbons (Fsp3) is 0.294. The number of benzene rings is 2. The molecule has 0 aliphatic rings. The predicted octanol–water partition coefficient (Wildman–Crippen LogP) is 4.27. The van der Waals surface area contributed by atoms with Crippen LogP contribution in [0.5, 0.6) is 0 Å². The van der Waals surface area contributed by atoms with Crippen molar-refractivity contribution in [3.8, 4) is 0 Å². The van der Waals surface area contributed by atoms with Crippen LogP contribution in [0, 0.1) is 3.57 Å². The van der Waals surface area contributed by atoms with Crippen molar-refractivity contribution in [1.29, 1.82) is 0 Å². The maximum Gasteiger partial charge on any atom is 0.0421 e. The van der Waals surface area contributed by atoms with Crippen molar-refractivity contribution in [2.24, 2.45) is 5.73 Å². The number of hydrogen-bond donors (Lipinski definition) is 1. The van der Waals surface area contributed by atoms with Gasteiger partial charge in [-0.2, -0.15) is 0 Å². The van der Waals surface area contributed by atoms with Gasteiger partial charge in [0.05, 0.1) is 0 Å². The van der Waals surface area contributed by atoms with Gasteiger partial charge >= 0.3 is 0 Å². The van der Waals surface area contributed by atoms with E-state index in [9.17, 15) is 0 Å². The molecule has 2 heteroatoms. The molecule has 0 aromatic heterocycles. The Hall–Kier alpha value is -0.870. The lowest BCUT2D eigenvalue weighted by Crippen LogP contribution is -2.35. The second kappa shape index (κ2) is 6.06. The summed E-state index contributed by atoms with van der Waals surface area (Å²) in [5.74, 6) is 0. The predicted molar refractivity (Wildman–Crippen MR) is 90.2 cm³/mol. The maximum atomic E-state index is 6.50. The fourth-order valence-corrected chi connectivity index (χ4v) is 2.61. The van der Waals surface area contributed by atoms with Gasteiger partial charge in [-0.05, 0) is 71.2 Å². The number of nitrogens with two attached hydrogens (primary N) is 1. The van der Waals surface area contributed by atoms with Crippen molar-refractivity contribution in [3.05, 3.63) is 68.8 Å². The minimum absolute atomic E-state index is 0.320. The van der Waals surface area contributed by atoms with Crippen LogP contribution in [-0.2, 0) is 18.4 Å². The lowest BCUT2D eigenvalue weighted by atomic mass is 9.86. The first-order chi connectivity index (χ1) is 9.01. The average molecular weight is 365 g/mol. The first kappa shape index (κ1) is 14.5. The minimum atomic E-state index is -0.320. The van der Waals surface area contributed by atoms with Crippen LogP contribution >= 0.6 is 22.6 Å². The van der Waals surface area contributed by atoms with E-state index in [0.717, 1.165) is 12.8 Å². The van der Waals surface area contributed by atoms with Gasteiger partial charge < -0.3 is 5.73 Å². The van der Waals surface area contributed by atoms with Crippen LogP contribution in [0.3, 0.4) is 0 Å². The topological polar surface area (TPSA) is 26.0 Å². The smallest absolute Gasteiger partial charge is 0.0421 e. The van der Waals surface area contributed by atoms with E-state index in [1.54, 1.807) is 0 Å². The molecule has 2 rings (SSSR count). The molecule has 1 nitrogen and oxygen atoms in total. The third-order valence-electron chi connectivity index (χ3n) is 3.51. The quantitative estimate of drug-likeness (QED) is 0.805. The Kier molecular flexibility index (Phi) is 4.63. The van der Waals surface area contributed by atoms with E-state index in [1.165, 1.54) is 20.3 Å². The van der Waals surface area contributed by atoms with Gasteiger partial charge in [0.15, 0.2) is 0 Å². The van der Waals surface area contributed by atoms with E-state index in [-0.39, 0.29) is 5.54 Å². The van der Waals surface area contributed by atoms with Crippen molar-refractivity contribution in [1.82, 2.24) is 0 Å². The van der Waals surface area contributed by atoms with Crippen LogP contribution in [-0.4, -0.2) is 0 Å². The first-order valence-corrected chi connectivity index (χ1v) is 7.72. The lowest BCUT2D eigenvalue weighted by Gasteiger charge is -2.25. The molecule has 0 bridgehead atoms. The highest BCUT2D eigenvalue weighted by molar-refractivity contribution is 14.1. The fourth-order valence-electron chi connectivity index (χ4n) is 2.25. The molecule has 100 valence electrons. The third-order valence-corrected chi connectivity index (χ3v) is 4.23. The van der Waals surface area contributed by atoms with Gasteiger partial charge in [0.25, 0.3) is 0 Å². The summed E-state index contributed by atoms with van der Waals surface area (Å²) in [5, 5.41) is 0. The summed E-state index contributed by atoms with van der Waals surface area (Å²) >= 11 is 2.32. The van der Waals surface area contributed by atoms with E-state index >= 15 is 0 Å². The second-order valence-corrected chi connectivity index (χ2v) is 6.52. The highest BCUT2D eigenvalue weighted by atomic mass is 127. The summed E-state index contributed by atoms with van der Waals surface area (Å²) in [5.41, 5.74) is 10.0. The van der Waals surface area contributed by atoms with Crippen LogP contribution in [0.15, 0.2) is 48.5 Å². The van der Waals surface area contributed by atoms with Gasteiger partial charge in [-0.15, -0.1) is 0 Å². The molecule has 0 heterocycles. The average Bonchev–Trinajstić information content (AvgIpc) is 2.41. The highest BCUT2D eigenvalue weighted by Crippen LogP contribution is 2.23. The summed E-state index contributed by atoms with van der Waals surface area (Å²) in [7, 11) is 0. The molecule has 0 aliphatic heterocycles. The molecular weight excluding hydrogens is 345 g/mol. The summed E-state index contributed by atoms with van der Waals surface area (Å²) in [6.45, 7) is 4.27. The Morgan fingerprint density at radius 3 is 2.00 bits per heavy atom. The standard InChI is InChI=1S/C17H20IN/c1-3-13-4-8-15(9-5-13)17(2,19)12-14-6-10-16(18)11-7-14/h4-11H,3,12,19H2,1-2H3. The second-order valence-electron chi connectivity index (χ2n) is 5.27. The summed E-state index contributed by atoms with van der Waals surface area (Å²) in [6.07, 6.45) is 1.92. The molecule has 0 saturated carbocycles. The van der Waals surface area contributed by atoms with Crippen molar-refractivity contribution in [2.45, 2.75) is 32.2 Å². The number of halogens is 1. The van der Waals surface area contributed by atoms with Crippen LogP contribution in [0.2, 0.25) is 0 Å². The summed E-state index contributed by atoms with van der Waals surface area (Å²) < 4.78 is 1.26. The van der Waals surface area contributed by atoms with E-state index in [4.69, 9.17) is 5.73 Å². The van der Waals surface area contributed by atoms with Gasteiger partial charge in [0.2, 0.25) is 0 Å². The summed E-state index contributed by atoms with van der Waals surface area (Å²) in [6, 6.07) is 17.2. The molecule has 2 aromatic carbocycles. The van der Waals surface area contributed by atoms with Crippen molar-refractivity contribution >= 4 is 22.6 Å². The summed E-state index contributed by atoms with van der Waals surface area (Å²) in [4.78, 5) is 0. The van der Waals surface area contributed by atoms with Crippen LogP contribution in [0.1, 0.15) is 30.5 Å². The maximum absolute atomic E-state index is 6.50. The van der Waals surface area contributed by atoms with E-state index in [0.29, 0.717) is 0 Å². The Bertz CT molecular complexity index is 526. The van der Waals surface area contributed by atoms with Gasteiger partial charge in [-0.1, -0.05) is 43.3 Å². The molecular formula is C17H20IN. The first-order valence-electron chi connectivity index (χ1n) is 6.64. The SMILES string of the molecule is CCc1ccc(C(C)(N)Cc2ccc(I)cc2)cc1. The van der Waals surface area contributed by atoms with Crippen molar-refractivity contribution in [2.75, 3.05) is 0 Å². The monoisotopic (exact) mass is 365 g/mol. The molecule has 0 aliphatic carbocycles. The molecule has 0 spiro atoms. The molecule has 0 saturated heterocycles. The Morgan fingerprint density at radius 2 is 1.47 bits per heavy atom. The molecule has 2 aromatic rings. The number of rotatable bonds is 4. The Balaban J connectivity index is 2.18. The van der Waals surface area contributed by atoms with Crippen LogP contribution < -0.4 is 5.73 Å². The molecule has 0 radical (unpaired) electrons. The molecule has 19 heavy (non-hydrogen) atoms. The minimum Gasteiger partial charge on any atom is -0.321 e. The third kappa shape index (κ3) is 3.80. The van der Waals surface area contributed by atoms with Crippen LogP contribution in [0.4, 0.5) is 0 Å². The molecule has 2 N–H and O–H groups in total. The molecule has 1 atom stereocenters. The normalized spacial score (nSPS) is 14.1. The Labute approximate surface area is 129 Å². The molecule has 1 unspecified atom stereocenters. The largest absolute Gasteiger partial charge is 0.321 e. The molecule has 0 fully saturated rings. The van der Waals surface area contributed by atoms with Gasteiger partial charge in [0, 0.05) is 9.11 Å². The van der Waals surface area contributed by atoms with E-state index < -0.39 is 0 Å².